The van der Waals surface area contributed by atoms with Crippen molar-refractivity contribution in [2.45, 2.75) is 102 Å². The highest BCUT2D eigenvalue weighted by molar-refractivity contribution is 5.69. The third-order valence-corrected chi connectivity index (χ3v) is 4.25. The fourth-order valence-corrected chi connectivity index (χ4v) is 2.24. The van der Waals surface area contributed by atoms with E-state index in [4.69, 9.17) is 46.0 Å². The molecule has 1 unspecified atom stereocenters. The van der Waals surface area contributed by atoms with E-state index in [1.54, 1.807) is 0 Å². The van der Waals surface area contributed by atoms with Crippen LogP contribution in [-0.2, 0) is 28.8 Å². The SMILES string of the molecule is O=C(O)CCCCC(=O)O.O=C(O)CCCCC(=O)O.O=C(O)CCCCC(=O)O.OCCCCC(O)CO. The summed E-state index contributed by atoms with van der Waals surface area (Å²) in [7, 11) is 0. The molecule has 0 amide bonds. The molecule has 0 aromatic carbocycles. The van der Waals surface area contributed by atoms with E-state index >= 15 is 0 Å². The van der Waals surface area contributed by atoms with Crippen molar-refractivity contribution in [1.82, 2.24) is 0 Å². The van der Waals surface area contributed by atoms with Gasteiger partial charge in [0.25, 0.3) is 0 Å². The van der Waals surface area contributed by atoms with Crippen LogP contribution in [0.3, 0.4) is 0 Å². The number of carboxylic acids is 6. The van der Waals surface area contributed by atoms with Crippen LogP contribution in [0.25, 0.3) is 0 Å². The number of aliphatic hydroxyl groups is 3. The van der Waals surface area contributed by atoms with Gasteiger partial charge in [-0.1, -0.05) is 0 Å². The van der Waals surface area contributed by atoms with Crippen molar-refractivity contribution in [2.75, 3.05) is 13.2 Å². The average molecular weight is 573 g/mol. The summed E-state index contributed by atoms with van der Waals surface area (Å²) in [6.45, 7) is -0.0103. The molecule has 15 heteroatoms. The molecule has 0 saturated heterocycles. The van der Waals surface area contributed by atoms with Gasteiger partial charge in [-0.05, 0) is 57.8 Å². The van der Waals surface area contributed by atoms with Crippen LogP contribution in [0.4, 0.5) is 0 Å². The number of hydrogen-bond acceptors (Lipinski definition) is 9. The number of carboxylic acid groups (broad SMARTS) is 6. The first-order chi connectivity index (χ1) is 18.2. The van der Waals surface area contributed by atoms with Gasteiger partial charge in [0.1, 0.15) is 0 Å². The highest BCUT2D eigenvalue weighted by Crippen LogP contribution is 2.00. The molecule has 0 radical (unpaired) electrons. The Hall–Kier alpha value is -3.30. The molecule has 0 aliphatic heterocycles. The first-order valence-corrected chi connectivity index (χ1v) is 12.4. The van der Waals surface area contributed by atoms with Gasteiger partial charge in [0.15, 0.2) is 0 Å². The topological polar surface area (TPSA) is 284 Å². The lowest BCUT2D eigenvalue weighted by Crippen LogP contribution is -2.11. The number of hydrogen-bond donors (Lipinski definition) is 9. The molecule has 0 aliphatic carbocycles. The minimum Gasteiger partial charge on any atom is -0.481 e. The summed E-state index contributed by atoms with van der Waals surface area (Å²) in [4.78, 5) is 59.4. The Bertz CT molecular complexity index is 540. The van der Waals surface area contributed by atoms with E-state index in [0.717, 1.165) is 6.42 Å². The Morgan fingerprint density at radius 1 is 0.410 bits per heavy atom. The smallest absolute Gasteiger partial charge is 0.303 e. The van der Waals surface area contributed by atoms with Crippen LogP contribution in [0.15, 0.2) is 0 Å². The summed E-state index contributed by atoms with van der Waals surface area (Å²) in [5.74, 6) is -5.22. The predicted octanol–water partition coefficient (Wildman–Crippen LogP) is 1.65. The fourth-order valence-electron chi connectivity index (χ4n) is 2.24. The molecule has 15 nitrogen and oxygen atoms in total. The van der Waals surface area contributed by atoms with E-state index in [-0.39, 0.29) is 51.7 Å². The summed E-state index contributed by atoms with van der Waals surface area (Å²) in [6.07, 6.45) is 4.51. The Morgan fingerprint density at radius 2 is 0.641 bits per heavy atom. The van der Waals surface area contributed by atoms with Crippen molar-refractivity contribution in [3.8, 4) is 0 Å². The van der Waals surface area contributed by atoms with Gasteiger partial charge in [0, 0.05) is 45.1 Å². The maximum Gasteiger partial charge on any atom is 0.303 e. The monoisotopic (exact) mass is 572 g/mol. The standard InChI is InChI=1S/3C6H10O4.C6H14O3/c3*7-5(8)3-1-2-4-6(9)10;7-4-2-1-3-6(9)5-8/h3*1-4H2,(H,7,8)(H,9,10);6-9H,1-5H2. The molecule has 0 saturated carbocycles. The largest absolute Gasteiger partial charge is 0.481 e. The molecular formula is C24H44O15. The van der Waals surface area contributed by atoms with Crippen molar-refractivity contribution in [3.05, 3.63) is 0 Å². The summed E-state index contributed by atoms with van der Waals surface area (Å²) < 4.78 is 0. The molecule has 0 rings (SSSR count). The maximum absolute atomic E-state index is 9.90. The van der Waals surface area contributed by atoms with Crippen molar-refractivity contribution in [3.63, 3.8) is 0 Å². The Labute approximate surface area is 226 Å². The van der Waals surface area contributed by atoms with Crippen LogP contribution in [0.2, 0.25) is 0 Å². The summed E-state index contributed by atoms with van der Waals surface area (Å²) in [5, 5.41) is 74.2. The fraction of sp³-hybridized carbons (Fsp3) is 0.750. The van der Waals surface area contributed by atoms with Gasteiger partial charge in [-0.3, -0.25) is 28.8 Å². The van der Waals surface area contributed by atoms with Crippen LogP contribution in [-0.4, -0.2) is 101 Å². The van der Waals surface area contributed by atoms with E-state index in [1.807, 2.05) is 0 Å². The third-order valence-electron chi connectivity index (χ3n) is 4.25. The van der Waals surface area contributed by atoms with E-state index in [1.165, 1.54) is 0 Å². The van der Waals surface area contributed by atoms with Crippen molar-refractivity contribution in [2.24, 2.45) is 0 Å². The normalized spacial score (nSPS) is 10.2. The number of carbonyl (C=O) groups is 6. The average Bonchev–Trinajstić information content (AvgIpc) is 2.83. The lowest BCUT2D eigenvalue weighted by atomic mass is 10.2. The molecular weight excluding hydrogens is 528 g/mol. The number of rotatable bonds is 20. The number of unbranched alkanes of at least 4 members (excludes halogenated alkanes) is 4. The second kappa shape index (κ2) is 32.7. The molecule has 0 heterocycles. The predicted molar refractivity (Wildman–Crippen MR) is 135 cm³/mol. The second-order valence-electron chi connectivity index (χ2n) is 8.04. The highest BCUT2D eigenvalue weighted by atomic mass is 16.4. The molecule has 0 bridgehead atoms. The molecule has 230 valence electrons. The maximum atomic E-state index is 9.90. The molecule has 0 spiro atoms. The number of aliphatic hydroxyl groups excluding tert-OH is 3. The first-order valence-electron chi connectivity index (χ1n) is 12.4. The molecule has 0 aromatic rings. The van der Waals surface area contributed by atoms with Crippen LogP contribution in [0.1, 0.15) is 96.3 Å². The van der Waals surface area contributed by atoms with Gasteiger partial charge < -0.3 is 46.0 Å². The summed E-state index contributed by atoms with van der Waals surface area (Å²) in [5.41, 5.74) is 0. The van der Waals surface area contributed by atoms with Gasteiger partial charge in [0.2, 0.25) is 0 Å². The Kier molecular flexibility index (Phi) is 35.9. The van der Waals surface area contributed by atoms with E-state index in [9.17, 15) is 28.8 Å². The lowest BCUT2D eigenvalue weighted by molar-refractivity contribution is -0.139. The molecule has 0 aliphatic rings. The van der Waals surface area contributed by atoms with E-state index < -0.39 is 41.9 Å². The molecule has 9 N–H and O–H groups in total. The Balaban J connectivity index is -0.000000210. The minimum absolute atomic E-state index is 0.0628. The zero-order chi connectivity index (χ0) is 31.1. The lowest BCUT2D eigenvalue weighted by Gasteiger charge is -2.03. The van der Waals surface area contributed by atoms with Crippen molar-refractivity contribution < 1.29 is 74.7 Å². The van der Waals surface area contributed by atoms with Crippen LogP contribution >= 0.6 is 0 Å². The second-order valence-corrected chi connectivity index (χ2v) is 8.04. The van der Waals surface area contributed by atoms with E-state index in [2.05, 4.69) is 0 Å². The van der Waals surface area contributed by atoms with Gasteiger partial charge in [0.05, 0.1) is 12.7 Å². The number of aliphatic carboxylic acids is 6. The Morgan fingerprint density at radius 3 is 0.795 bits per heavy atom. The summed E-state index contributed by atoms with van der Waals surface area (Å²) in [6, 6.07) is 0. The van der Waals surface area contributed by atoms with Crippen molar-refractivity contribution in [1.29, 1.82) is 0 Å². The van der Waals surface area contributed by atoms with Gasteiger partial charge >= 0.3 is 35.8 Å². The molecule has 0 aromatic heterocycles. The minimum atomic E-state index is -0.870. The zero-order valence-corrected chi connectivity index (χ0v) is 22.1. The highest BCUT2D eigenvalue weighted by Gasteiger charge is 2.01. The third kappa shape index (κ3) is 60.8. The summed E-state index contributed by atoms with van der Waals surface area (Å²) >= 11 is 0. The van der Waals surface area contributed by atoms with E-state index in [0.29, 0.717) is 51.4 Å². The van der Waals surface area contributed by atoms with Gasteiger partial charge in [-0.15, -0.1) is 0 Å². The molecule has 1 atom stereocenters. The van der Waals surface area contributed by atoms with Crippen LogP contribution in [0, 0.1) is 0 Å². The molecule has 0 fully saturated rings. The van der Waals surface area contributed by atoms with Crippen molar-refractivity contribution >= 4 is 35.8 Å². The molecule has 39 heavy (non-hydrogen) atoms. The quantitative estimate of drug-likeness (QED) is 0.0937. The van der Waals surface area contributed by atoms with Gasteiger partial charge in [-0.25, -0.2) is 0 Å². The van der Waals surface area contributed by atoms with Gasteiger partial charge in [-0.2, -0.15) is 0 Å². The first kappa shape index (κ1) is 42.8. The zero-order valence-electron chi connectivity index (χ0n) is 22.1. The van der Waals surface area contributed by atoms with Crippen LogP contribution < -0.4 is 0 Å². The van der Waals surface area contributed by atoms with Crippen LogP contribution in [0.5, 0.6) is 0 Å².